The first-order chi connectivity index (χ1) is 18.7. The number of nitrogens with two attached hydrogens (primary N) is 1. The Labute approximate surface area is 227 Å². The number of aromatic nitrogens is 1. The lowest BCUT2D eigenvalue weighted by Gasteiger charge is -2.22. The van der Waals surface area contributed by atoms with Crippen LogP contribution in [0, 0.1) is 13.8 Å². The molecule has 0 aromatic heterocycles. The molecule has 1 aromatic carbocycles. The zero-order chi connectivity index (χ0) is 30.0. The van der Waals surface area contributed by atoms with Gasteiger partial charge in [0.1, 0.15) is 11.2 Å². The Hall–Kier alpha value is -4.56. The predicted octanol–water partition coefficient (Wildman–Crippen LogP) is -0.204. The van der Waals surface area contributed by atoms with Crippen LogP contribution in [0.5, 0.6) is 0 Å². The smallest absolute Gasteiger partial charge is 0.331 e. The molecule has 214 valence electrons. The second kappa shape index (κ2) is 11.7. The van der Waals surface area contributed by atoms with Crippen LogP contribution < -0.4 is 21.8 Å². The fourth-order valence-electron chi connectivity index (χ4n) is 4.05. The molecule has 0 saturated carbocycles. The number of esters is 2. The Morgan fingerprint density at radius 3 is 1.98 bits per heavy atom. The van der Waals surface area contributed by atoms with Gasteiger partial charge in [0.25, 0.3) is 11.8 Å². The van der Waals surface area contributed by atoms with Crippen molar-refractivity contribution >= 4 is 40.5 Å². The number of carbonyl (C=O) groups is 4. The van der Waals surface area contributed by atoms with Crippen LogP contribution in [-0.4, -0.2) is 77.5 Å². The number of aliphatic hydroxyl groups excluding tert-OH is 2. The summed E-state index contributed by atoms with van der Waals surface area (Å²) >= 11 is 0. The largest absolute Gasteiger partial charge is 0.467 e. The topological polar surface area (TPSA) is 220 Å². The quantitative estimate of drug-likeness (QED) is 0.138. The van der Waals surface area contributed by atoms with Gasteiger partial charge in [-0.15, -0.1) is 0 Å². The second-order valence-electron chi connectivity index (χ2n) is 9.17. The molecule has 1 aliphatic carbocycles. The van der Waals surface area contributed by atoms with Gasteiger partial charge in [0.15, 0.2) is 23.4 Å². The van der Waals surface area contributed by atoms with Gasteiger partial charge in [-0.2, -0.15) is 0 Å². The summed E-state index contributed by atoms with van der Waals surface area (Å²) in [4.78, 5) is 68.2. The molecule has 4 atom stereocenters. The van der Waals surface area contributed by atoms with Gasteiger partial charge < -0.3 is 40.5 Å². The second-order valence-corrected chi connectivity index (χ2v) is 9.17. The minimum Gasteiger partial charge on any atom is -0.467 e. The summed E-state index contributed by atoms with van der Waals surface area (Å²) in [5.41, 5.74) is 4.68. The number of ether oxygens (including phenoxy) is 2. The summed E-state index contributed by atoms with van der Waals surface area (Å²) in [5, 5.41) is 24.6. The number of methoxy groups -OCH3 is 2. The van der Waals surface area contributed by atoms with Crippen LogP contribution in [0.2, 0.25) is 0 Å². The van der Waals surface area contributed by atoms with E-state index in [-0.39, 0.29) is 33.7 Å². The first-order valence-corrected chi connectivity index (χ1v) is 12.0. The number of anilines is 1. The first kappa shape index (κ1) is 30.0. The number of nitrogens with zero attached hydrogens (tertiary/aromatic N) is 1. The molecule has 40 heavy (non-hydrogen) atoms. The van der Waals surface area contributed by atoms with Crippen LogP contribution in [0.25, 0.3) is 22.6 Å². The monoisotopic (exact) mass is 558 g/mol. The first-order valence-electron chi connectivity index (χ1n) is 12.0. The molecule has 0 fully saturated rings. The van der Waals surface area contributed by atoms with Crippen molar-refractivity contribution in [2.24, 2.45) is 0 Å². The van der Waals surface area contributed by atoms with Crippen LogP contribution in [0.15, 0.2) is 21.3 Å². The maximum absolute atomic E-state index is 13.3. The van der Waals surface area contributed by atoms with Crippen LogP contribution in [0.1, 0.15) is 45.7 Å². The van der Waals surface area contributed by atoms with Crippen LogP contribution in [-0.2, 0) is 19.1 Å². The average molecular weight is 559 g/mol. The van der Waals surface area contributed by atoms with Crippen molar-refractivity contribution in [3.05, 3.63) is 44.6 Å². The number of carbonyl (C=O) groups excluding carboxylic acids is 4. The van der Waals surface area contributed by atoms with Gasteiger partial charge >= 0.3 is 11.9 Å². The van der Waals surface area contributed by atoms with Crippen molar-refractivity contribution in [1.29, 1.82) is 0 Å². The molecule has 3 rings (SSSR count). The molecule has 0 saturated heterocycles. The van der Waals surface area contributed by atoms with Crippen molar-refractivity contribution in [3.8, 4) is 11.5 Å². The van der Waals surface area contributed by atoms with Crippen molar-refractivity contribution in [3.63, 3.8) is 0 Å². The van der Waals surface area contributed by atoms with Crippen LogP contribution in [0.3, 0.4) is 0 Å². The van der Waals surface area contributed by atoms with Gasteiger partial charge in [0, 0.05) is 5.56 Å². The van der Waals surface area contributed by atoms with E-state index >= 15 is 0 Å². The molecule has 2 amide bonds. The van der Waals surface area contributed by atoms with Gasteiger partial charge in [0.05, 0.1) is 43.2 Å². The molecule has 1 heterocycles. The van der Waals surface area contributed by atoms with E-state index in [1.165, 1.54) is 26.8 Å². The number of benzene rings is 2. The van der Waals surface area contributed by atoms with E-state index < -0.39 is 64.7 Å². The lowest BCUT2D eigenvalue weighted by molar-refractivity contribution is -0.146. The maximum Gasteiger partial charge on any atom is 0.331 e. The normalized spacial score (nSPS) is 14.2. The number of hydrogen-bond acceptors (Lipinski definition) is 12. The number of aliphatic hydroxyl groups is 2. The molecule has 0 bridgehead atoms. The number of fused-ring (bicyclic) bond motifs is 2. The highest BCUT2D eigenvalue weighted by molar-refractivity contribution is 6.09. The minimum atomic E-state index is -1.50. The van der Waals surface area contributed by atoms with E-state index in [0.717, 1.165) is 14.2 Å². The summed E-state index contributed by atoms with van der Waals surface area (Å²) in [6.45, 7) is 5.63. The highest BCUT2D eigenvalue weighted by Gasteiger charge is 2.33. The van der Waals surface area contributed by atoms with Crippen LogP contribution in [0.4, 0.5) is 5.69 Å². The highest BCUT2D eigenvalue weighted by Crippen LogP contribution is 2.34. The van der Waals surface area contributed by atoms with Crippen molar-refractivity contribution in [2.45, 2.75) is 52.0 Å². The number of nitrogens with one attached hydrogen (secondary N) is 2. The SMILES string of the molecule is COC(=O)[C@@H](NC(=O)c1c2nc3c(C(=O)N[C@H](C(=O)OC)[C@@H](C)O)ccc(C)c3oc-2c(C)c(=O)c1N)[C@@H](C)O. The standard InChI is InChI=1S/C26H30N4O10/c1-9-7-8-13(23(34)29-16(11(3)31)25(36)38-5)18-21(9)40-22-10(2)20(33)15(27)14(19(22)28-18)24(35)30-17(12(4)32)26(37)39-6/h7-8,11-12,16-17,31-32H,27H2,1-6H3,(H,29,34)(H,30,35)/t11-,12-,16+,17+/m1/s1. The summed E-state index contributed by atoms with van der Waals surface area (Å²) in [7, 11) is 2.17. The highest BCUT2D eigenvalue weighted by atomic mass is 16.5. The summed E-state index contributed by atoms with van der Waals surface area (Å²) < 4.78 is 15.3. The number of aryl methyl sites for hydroxylation is 1. The molecule has 0 unspecified atom stereocenters. The summed E-state index contributed by atoms with van der Waals surface area (Å²) in [6, 6.07) is 0.0477. The number of amides is 2. The Balaban J connectivity index is 2.29. The third-order valence-electron chi connectivity index (χ3n) is 6.32. The fourth-order valence-corrected chi connectivity index (χ4v) is 4.05. The molecule has 1 aliphatic heterocycles. The molecule has 0 spiro atoms. The van der Waals surface area contributed by atoms with E-state index in [1.54, 1.807) is 13.0 Å². The number of rotatable bonds is 8. The van der Waals surface area contributed by atoms with Gasteiger partial charge in [-0.05, 0) is 39.3 Å². The van der Waals surface area contributed by atoms with Crippen molar-refractivity contribution in [2.75, 3.05) is 20.0 Å². The molecule has 2 aliphatic rings. The predicted molar refractivity (Wildman–Crippen MR) is 141 cm³/mol. The summed E-state index contributed by atoms with van der Waals surface area (Å²) in [5.74, 6) is -3.78. The van der Waals surface area contributed by atoms with Crippen LogP contribution >= 0.6 is 0 Å². The molecule has 1 aromatic rings. The summed E-state index contributed by atoms with van der Waals surface area (Å²) in [6.07, 6.45) is -2.66. The molecular formula is C26H30N4O10. The Kier molecular flexibility index (Phi) is 8.75. The number of nitrogen functional groups attached to an aromatic ring is 1. The Morgan fingerprint density at radius 1 is 0.950 bits per heavy atom. The zero-order valence-electron chi connectivity index (χ0n) is 22.6. The lowest BCUT2D eigenvalue weighted by atomic mass is 9.99. The van der Waals surface area contributed by atoms with Gasteiger partial charge in [-0.25, -0.2) is 14.6 Å². The lowest BCUT2D eigenvalue weighted by Crippen LogP contribution is -2.48. The van der Waals surface area contributed by atoms with Gasteiger partial charge in [-0.3, -0.25) is 14.4 Å². The van der Waals surface area contributed by atoms with E-state index in [0.29, 0.717) is 5.56 Å². The zero-order valence-corrected chi connectivity index (χ0v) is 22.6. The van der Waals surface area contributed by atoms with Gasteiger partial charge in [0.2, 0.25) is 5.43 Å². The third kappa shape index (κ3) is 5.44. The molecule has 14 heteroatoms. The Morgan fingerprint density at radius 2 is 1.48 bits per heavy atom. The van der Waals surface area contributed by atoms with E-state index in [2.05, 4.69) is 25.1 Å². The Bertz CT molecular complexity index is 1530. The molecule has 14 nitrogen and oxygen atoms in total. The third-order valence-corrected chi connectivity index (χ3v) is 6.32. The minimum absolute atomic E-state index is 0.0348. The van der Waals surface area contributed by atoms with E-state index in [4.69, 9.17) is 10.2 Å². The van der Waals surface area contributed by atoms with E-state index in [9.17, 15) is 34.2 Å². The molecule has 0 radical (unpaired) electrons. The fraction of sp³-hybridized carbons (Fsp3) is 0.385. The van der Waals surface area contributed by atoms with Crippen molar-refractivity contribution < 1.29 is 43.3 Å². The van der Waals surface area contributed by atoms with E-state index in [1.807, 2.05) is 0 Å². The number of hydrogen-bond donors (Lipinski definition) is 5. The van der Waals surface area contributed by atoms with Gasteiger partial charge in [-0.1, -0.05) is 6.07 Å². The molecular weight excluding hydrogens is 528 g/mol. The average Bonchev–Trinajstić information content (AvgIpc) is 2.91. The maximum atomic E-state index is 13.3. The molecule has 6 N–H and O–H groups in total. The van der Waals surface area contributed by atoms with Crippen molar-refractivity contribution in [1.82, 2.24) is 15.6 Å².